The normalized spacial score (nSPS) is 10.5. The molecule has 1 aromatic carbocycles. The predicted molar refractivity (Wildman–Crippen MR) is 66.7 cm³/mol. The smallest absolute Gasteiger partial charge is 0.341 e. The number of anilines is 1. The SMILES string of the molecule is Cc1csc(COC(=O)c2cc(N)c(F)cc2F)n1. The van der Waals surface area contributed by atoms with E-state index in [0.29, 0.717) is 11.1 Å². The number of hydrogen-bond acceptors (Lipinski definition) is 5. The third kappa shape index (κ3) is 3.05. The topological polar surface area (TPSA) is 65.2 Å². The Kier molecular flexibility index (Phi) is 3.75. The Balaban J connectivity index is 2.10. The zero-order valence-electron chi connectivity index (χ0n) is 9.94. The molecule has 1 heterocycles. The molecule has 4 nitrogen and oxygen atoms in total. The van der Waals surface area contributed by atoms with E-state index < -0.39 is 23.2 Å². The number of nitrogens with zero attached hydrogens (tertiary/aromatic N) is 1. The second kappa shape index (κ2) is 5.31. The third-order valence-corrected chi connectivity index (χ3v) is 3.24. The first-order valence-corrected chi connectivity index (χ1v) is 6.18. The molecule has 100 valence electrons. The highest BCUT2D eigenvalue weighted by atomic mass is 32.1. The molecule has 2 rings (SSSR count). The van der Waals surface area contributed by atoms with Gasteiger partial charge in [0.1, 0.15) is 23.2 Å². The van der Waals surface area contributed by atoms with Gasteiger partial charge in [0.15, 0.2) is 0 Å². The Morgan fingerprint density at radius 1 is 1.42 bits per heavy atom. The lowest BCUT2D eigenvalue weighted by Gasteiger charge is -2.05. The van der Waals surface area contributed by atoms with E-state index >= 15 is 0 Å². The number of rotatable bonds is 3. The van der Waals surface area contributed by atoms with Crippen molar-refractivity contribution in [3.05, 3.63) is 45.4 Å². The van der Waals surface area contributed by atoms with Crippen molar-refractivity contribution in [2.75, 3.05) is 5.73 Å². The molecule has 0 atom stereocenters. The summed E-state index contributed by atoms with van der Waals surface area (Å²) in [4.78, 5) is 15.7. The largest absolute Gasteiger partial charge is 0.455 e. The second-order valence-corrected chi connectivity index (χ2v) is 4.75. The number of nitrogens with two attached hydrogens (primary N) is 1. The van der Waals surface area contributed by atoms with E-state index in [-0.39, 0.29) is 12.3 Å². The number of thiazole rings is 1. The fourth-order valence-electron chi connectivity index (χ4n) is 1.40. The van der Waals surface area contributed by atoms with Crippen molar-refractivity contribution < 1.29 is 18.3 Å². The van der Waals surface area contributed by atoms with Crippen molar-refractivity contribution in [1.82, 2.24) is 4.98 Å². The van der Waals surface area contributed by atoms with Gasteiger partial charge in [0.25, 0.3) is 0 Å². The number of halogens is 2. The van der Waals surface area contributed by atoms with Gasteiger partial charge in [0.05, 0.1) is 11.3 Å². The lowest BCUT2D eigenvalue weighted by Crippen LogP contribution is -2.09. The van der Waals surface area contributed by atoms with Crippen molar-refractivity contribution in [1.29, 1.82) is 0 Å². The fraction of sp³-hybridized carbons (Fsp3) is 0.167. The van der Waals surface area contributed by atoms with Crippen molar-refractivity contribution in [3.8, 4) is 0 Å². The van der Waals surface area contributed by atoms with Gasteiger partial charge < -0.3 is 10.5 Å². The average Bonchev–Trinajstić information content (AvgIpc) is 2.77. The molecule has 0 fully saturated rings. The average molecular weight is 284 g/mol. The highest BCUT2D eigenvalue weighted by Gasteiger charge is 2.16. The van der Waals surface area contributed by atoms with Crippen LogP contribution in [0.3, 0.4) is 0 Å². The minimum atomic E-state index is -1.01. The number of carbonyl (C=O) groups excluding carboxylic acids is 1. The van der Waals surface area contributed by atoms with Gasteiger partial charge in [-0.05, 0) is 13.0 Å². The quantitative estimate of drug-likeness (QED) is 0.695. The van der Waals surface area contributed by atoms with E-state index in [1.54, 1.807) is 5.38 Å². The first-order chi connectivity index (χ1) is 8.97. The van der Waals surface area contributed by atoms with Gasteiger partial charge >= 0.3 is 5.97 Å². The Labute approximate surface area is 111 Å². The molecular weight excluding hydrogens is 274 g/mol. The van der Waals surface area contributed by atoms with Crippen LogP contribution in [0.5, 0.6) is 0 Å². The summed E-state index contributed by atoms with van der Waals surface area (Å²) in [6.07, 6.45) is 0. The second-order valence-electron chi connectivity index (χ2n) is 3.81. The molecule has 0 saturated carbocycles. The van der Waals surface area contributed by atoms with Crippen LogP contribution >= 0.6 is 11.3 Å². The summed E-state index contributed by atoms with van der Waals surface area (Å²) in [5.41, 5.74) is 5.39. The molecule has 0 spiro atoms. The zero-order chi connectivity index (χ0) is 14.0. The van der Waals surface area contributed by atoms with Crippen molar-refractivity contribution in [3.63, 3.8) is 0 Å². The Hall–Kier alpha value is -2.02. The molecule has 19 heavy (non-hydrogen) atoms. The Bertz CT molecular complexity index is 628. The number of ether oxygens (including phenoxy) is 1. The van der Waals surface area contributed by atoms with Gasteiger partial charge in [-0.1, -0.05) is 0 Å². The molecule has 0 aliphatic rings. The van der Waals surface area contributed by atoms with Crippen molar-refractivity contribution >= 4 is 23.0 Å². The van der Waals surface area contributed by atoms with Gasteiger partial charge in [-0.2, -0.15) is 0 Å². The predicted octanol–water partition coefficient (Wildman–Crippen LogP) is 2.67. The van der Waals surface area contributed by atoms with Crippen LogP contribution < -0.4 is 5.73 Å². The molecule has 0 amide bonds. The summed E-state index contributed by atoms with van der Waals surface area (Å²) in [6.45, 7) is 1.75. The summed E-state index contributed by atoms with van der Waals surface area (Å²) >= 11 is 1.33. The van der Waals surface area contributed by atoms with Crippen LogP contribution in [0.15, 0.2) is 17.5 Å². The molecule has 7 heteroatoms. The first kappa shape index (κ1) is 13.4. The van der Waals surface area contributed by atoms with E-state index in [9.17, 15) is 13.6 Å². The molecule has 0 aliphatic heterocycles. The highest BCUT2D eigenvalue weighted by molar-refractivity contribution is 7.09. The number of carbonyl (C=O) groups is 1. The number of benzene rings is 1. The van der Waals surface area contributed by atoms with Crippen LogP contribution in [-0.2, 0) is 11.3 Å². The van der Waals surface area contributed by atoms with Crippen LogP contribution in [0.25, 0.3) is 0 Å². The number of nitrogen functional groups attached to an aromatic ring is 1. The van der Waals surface area contributed by atoms with E-state index in [2.05, 4.69) is 4.98 Å². The summed E-state index contributed by atoms with van der Waals surface area (Å²) in [5, 5.41) is 2.40. The van der Waals surface area contributed by atoms with Gasteiger partial charge in [-0.3, -0.25) is 0 Å². The van der Waals surface area contributed by atoms with Crippen LogP contribution in [0, 0.1) is 18.6 Å². The molecule has 0 bridgehead atoms. The standard InChI is InChI=1S/C12H10F2N2O2S/c1-6-5-19-11(16-6)4-18-12(17)7-2-10(15)9(14)3-8(7)13/h2-3,5H,4,15H2,1H3. The molecule has 1 aromatic heterocycles. The third-order valence-electron chi connectivity index (χ3n) is 2.30. The number of esters is 1. The minimum Gasteiger partial charge on any atom is -0.455 e. The summed E-state index contributed by atoms with van der Waals surface area (Å²) in [5.74, 6) is -2.83. The highest BCUT2D eigenvalue weighted by Crippen LogP contribution is 2.18. The Morgan fingerprint density at radius 2 is 2.16 bits per heavy atom. The van der Waals surface area contributed by atoms with Crippen LogP contribution in [0.4, 0.5) is 14.5 Å². The first-order valence-electron chi connectivity index (χ1n) is 5.30. The summed E-state index contributed by atoms with van der Waals surface area (Å²) in [6, 6.07) is 1.47. The lowest BCUT2D eigenvalue weighted by molar-refractivity contribution is 0.0467. The number of hydrogen-bond donors (Lipinski definition) is 1. The van der Waals surface area contributed by atoms with Crippen LogP contribution in [0.2, 0.25) is 0 Å². The van der Waals surface area contributed by atoms with E-state index in [0.717, 1.165) is 11.8 Å². The zero-order valence-corrected chi connectivity index (χ0v) is 10.8. The lowest BCUT2D eigenvalue weighted by atomic mass is 10.2. The minimum absolute atomic E-state index is 0.0614. The maximum absolute atomic E-state index is 13.4. The summed E-state index contributed by atoms with van der Waals surface area (Å²) in [7, 11) is 0. The molecule has 0 unspecified atom stereocenters. The van der Waals surface area contributed by atoms with Crippen molar-refractivity contribution in [2.45, 2.75) is 13.5 Å². The number of aromatic nitrogens is 1. The molecule has 2 N–H and O–H groups in total. The fourth-order valence-corrected chi connectivity index (χ4v) is 2.08. The van der Waals surface area contributed by atoms with Crippen LogP contribution in [0.1, 0.15) is 21.1 Å². The molecule has 0 radical (unpaired) electrons. The maximum atomic E-state index is 13.4. The number of aryl methyl sites for hydroxylation is 1. The molecule has 2 aromatic rings. The van der Waals surface area contributed by atoms with Crippen LogP contribution in [-0.4, -0.2) is 11.0 Å². The van der Waals surface area contributed by atoms with E-state index in [1.807, 2.05) is 6.92 Å². The van der Waals surface area contributed by atoms with E-state index in [4.69, 9.17) is 10.5 Å². The van der Waals surface area contributed by atoms with Crippen molar-refractivity contribution in [2.24, 2.45) is 0 Å². The van der Waals surface area contributed by atoms with Gasteiger partial charge in [-0.15, -0.1) is 11.3 Å². The molecule has 0 aliphatic carbocycles. The monoisotopic (exact) mass is 284 g/mol. The van der Waals surface area contributed by atoms with Gasteiger partial charge in [0.2, 0.25) is 0 Å². The summed E-state index contributed by atoms with van der Waals surface area (Å²) < 4.78 is 31.2. The molecule has 0 saturated heterocycles. The maximum Gasteiger partial charge on any atom is 0.341 e. The Morgan fingerprint density at radius 3 is 2.79 bits per heavy atom. The van der Waals surface area contributed by atoms with Gasteiger partial charge in [0, 0.05) is 17.1 Å². The van der Waals surface area contributed by atoms with E-state index in [1.165, 1.54) is 11.3 Å². The van der Waals surface area contributed by atoms with Gasteiger partial charge in [-0.25, -0.2) is 18.6 Å². The molecular formula is C12H10F2N2O2S.